The van der Waals surface area contributed by atoms with Crippen LogP contribution in [0.5, 0.6) is 0 Å². The van der Waals surface area contributed by atoms with Crippen molar-refractivity contribution in [3.8, 4) is 22.4 Å². The fourth-order valence-corrected chi connectivity index (χ4v) is 4.12. The van der Waals surface area contributed by atoms with Gasteiger partial charge in [0.15, 0.2) is 5.13 Å². The van der Waals surface area contributed by atoms with Crippen molar-refractivity contribution in [2.45, 2.75) is 13.8 Å². The molecule has 0 bridgehead atoms. The number of halogens is 3. The van der Waals surface area contributed by atoms with E-state index in [-0.39, 0.29) is 30.4 Å². The van der Waals surface area contributed by atoms with E-state index in [2.05, 4.69) is 25.5 Å². The summed E-state index contributed by atoms with van der Waals surface area (Å²) in [4.78, 5) is 21.0. The molecule has 0 aliphatic heterocycles. The van der Waals surface area contributed by atoms with Gasteiger partial charge in [0.25, 0.3) is 5.91 Å². The summed E-state index contributed by atoms with van der Waals surface area (Å²) < 4.78 is 16.7. The number of fused-ring (bicyclic) bond motifs is 1. The second kappa shape index (κ2) is 9.70. The summed E-state index contributed by atoms with van der Waals surface area (Å²) in [6.45, 7) is 3.76. The predicted molar refractivity (Wildman–Crippen MR) is 132 cm³/mol. The van der Waals surface area contributed by atoms with Crippen LogP contribution in [0.4, 0.5) is 9.52 Å². The van der Waals surface area contributed by atoms with Crippen LogP contribution < -0.4 is 5.32 Å². The van der Waals surface area contributed by atoms with Crippen LogP contribution in [-0.2, 0) is 0 Å². The van der Waals surface area contributed by atoms with E-state index in [1.165, 1.54) is 23.5 Å². The zero-order valence-electron chi connectivity index (χ0n) is 17.5. The summed E-state index contributed by atoms with van der Waals surface area (Å²) in [5.41, 5.74) is 5.67. The van der Waals surface area contributed by atoms with E-state index in [9.17, 15) is 9.18 Å². The number of nitrogens with zero attached hydrogens (tertiary/aromatic N) is 4. The van der Waals surface area contributed by atoms with Crippen molar-refractivity contribution in [1.29, 1.82) is 0 Å². The van der Waals surface area contributed by atoms with Crippen LogP contribution >= 0.6 is 36.2 Å². The zero-order chi connectivity index (χ0) is 21.5. The van der Waals surface area contributed by atoms with Crippen molar-refractivity contribution < 1.29 is 9.18 Å². The molecule has 0 unspecified atom stereocenters. The molecule has 11 heteroatoms. The molecule has 0 radical (unpaired) electrons. The standard InChI is InChI=1S/C22H17FN6OS.2ClH/c1-12-11-31-22(26-12)27-21(30)16-5-3-14(7-18(16)23)19-9-24-20-6-4-15(10-29(19)20)17-8-25-28-13(17)2;;/h3-11H,1-2H3,(H,25,28)(H,26,27,30);2*1H. The van der Waals surface area contributed by atoms with Crippen molar-refractivity contribution in [3.05, 3.63) is 77.1 Å². The van der Waals surface area contributed by atoms with E-state index in [0.29, 0.717) is 10.7 Å². The lowest BCUT2D eigenvalue weighted by molar-refractivity contribution is 0.102. The monoisotopic (exact) mass is 504 g/mol. The number of hydrogen-bond donors (Lipinski definition) is 2. The summed E-state index contributed by atoms with van der Waals surface area (Å²) in [5.74, 6) is -1.14. The average Bonchev–Trinajstić information content (AvgIpc) is 3.47. The highest BCUT2D eigenvalue weighted by Crippen LogP contribution is 2.27. The second-order valence-corrected chi connectivity index (χ2v) is 7.97. The van der Waals surface area contributed by atoms with Gasteiger partial charge in [-0.25, -0.2) is 14.4 Å². The summed E-state index contributed by atoms with van der Waals surface area (Å²) in [6, 6.07) is 8.41. The first kappa shape index (κ1) is 24.4. The van der Waals surface area contributed by atoms with Crippen molar-refractivity contribution in [2.24, 2.45) is 0 Å². The van der Waals surface area contributed by atoms with Gasteiger partial charge in [-0.3, -0.25) is 19.6 Å². The Kier molecular flexibility index (Phi) is 7.16. The third-order valence-electron chi connectivity index (χ3n) is 5.00. The minimum Gasteiger partial charge on any atom is -0.299 e. The molecule has 7 nitrogen and oxygen atoms in total. The normalized spacial score (nSPS) is 10.5. The van der Waals surface area contributed by atoms with Gasteiger partial charge in [-0.15, -0.1) is 36.2 Å². The highest BCUT2D eigenvalue weighted by atomic mass is 35.5. The molecule has 0 saturated carbocycles. The highest BCUT2D eigenvalue weighted by molar-refractivity contribution is 7.13. The molecule has 4 aromatic heterocycles. The Hall–Kier alpha value is -3.27. The Morgan fingerprint density at radius 2 is 1.94 bits per heavy atom. The van der Waals surface area contributed by atoms with Gasteiger partial charge in [0.2, 0.25) is 0 Å². The lowest BCUT2D eigenvalue weighted by Crippen LogP contribution is -2.13. The molecule has 0 aliphatic carbocycles. The van der Waals surface area contributed by atoms with Crippen LogP contribution in [-0.4, -0.2) is 30.5 Å². The number of rotatable bonds is 4. The van der Waals surface area contributed by atoms with E-state index >= 15 is 0 Å². The van der Waals surface area contributed by atoms with Crippen molar-refractivity contribution in [2.75, 3.05) is 5.32 Å². The molecule has 0 saturated heterocycles. The molecule has 0 spiro atoms. The number of hydrogen-bond acceptors (Lipinski definition) is 5. The fourth-order valence-electron chi connectivity index (χ4n) is 3.44. The number of nitrogens with one attached hydrogen (secondary N) is 2. The molecule has 0 fully saturated rings. The molecule has 0 atom stereocenters. The molecule has 33 heavy (non-hydrogen) atoms. The van der Waals surface area contributed by atoms with Gasteiger partial charge in [-0.2, -0.15) is 5.10 Å². The Morgan fingerprint density at radius 1 is 1.15 bits per heavy atom. The van der Waals surface area contributed by atoms with E-state index in [0.717, 1.165) is 33.9 Å². The number of aromatic nitrogens is 5. The van der Waals surface area contributed by atoms with Crippen LogP contribution in [0.2, 0.25) is 0 Å². The van der Waals surface area contributed by atoms with Crippen LogP contribution in [0.1, 0.15) is 21.7 Å². The Bertz CT molecular complexity index is 1440. The molecule has 1 aromatic carbocycles. The molecule has 1 amide bonds. The smallest absolute Gasteiger partial charge is 0.260 e. The van der Waals surface area contributed by atoms with Gasteiger partial charge in [0, 0.05) is 34.5 Å². The van der Waals surface area contributed by atoms with Crippen molar-refractivity contribution in [1.82, 2.24) is 24.6 Å². The molecular formula is C22H19Cl2FN6OS. The largest absolute Gasteiger partial charge is 0.299 e. The molecule has 0 aliphatic rings. The number of carbonyl (C=O) groups is 1. The summed E-state index contributed by atoms with van der Waals surface area (Å²) in [6.07, 6.45) is 5.47. The third-order valence-corrected chi connectivity index (χ3v) is 5.87. The van der Waals surface area contributed by atoms with Crippen LogP contribution in [0.25, 0.3) is 28.0 Å². The molecule has 2 N–H and O–H groups in total. The number of imidazole rings is 1. The third kappa shape index (κ3) is 4.61. The summed E-state index contributed by atoms with van der Waals surface area (Å²) in [5, 5.41) is 11.9. The molecule has 170 valence electrons. The zero-order valence-corrected chi connectivity index (χ0v) is 19.9. The average molecular weight is 505 g/mol. The number of thiazole rings is 1. The first-order chi connectivity index (χ1) is 15.0. The number of carbonyl (C=O) groups excluding carboxylic acids is 1. The maximum absolute atomic E-state index is 14.8. The predicted octanol–water partition coefficient (Wildman–Crippen LogP) is 5.70. The van der Waals surface area contributed by atoms with Gasteiger partial charge in [0.05, 0.1) is 28.8 Å². The van der Waals surface area contributed by atoms with E-state index in [1.807, 2.05) is 48.2 Å². The van der Waals surface area contributed by atoms with Gasteiger partial charge >= 0.3 is 0 Å². The Labute approximate surface area is 204 Å². The number of anilines is 1. The number of aromatic amines is 1. The number of H-pyrrole nitrogens is 1. The first-order valence-electron chi connectivity index (χ1n) is 9.51. The van der Waals surface area contributed by atoms with Crippen molar-refractivity contribution >= 4 is 52.8 Å². The van der Waals surface area contributed by atoms with E-state index < -0.39 is 11.7 Å². The number of amides is 1. The summed E-state index contributed by atoms with van der Waals surface area (Å²) in [7, 11) is 0. The van der Waals surface area contributed by atoms with E-state index in [4.69, 9.17) is 0 Å². The van der Waals surface area contributed by atoms with Gasteiger partial charge in [0.1, 0.15) is 11.5 Å². The van der Waals surface area contributed by atoms with Crippen LogP contribution in [0.3, 0.4) is 0 Å². The number of aryl methyl sites for hydroxylation is 2. The van der Waals surface area contributed by atoms with Crippen LogP contribution in [0.15, 0.2) is 54.3 Å². The summed E-state index contributed by atoms with van der Waals surface area (Å²) >= 11 is 1.30. The fraction of sp³-hybridized carbons (Fsp3) is 0.0909. The maximum atomic E-state index is 14.8. The topological polar surface area (TPSA) is 88.0 Å². The van der Waals surface area contributed by atoms with Gasteiger partial charge < -0.3 is 0 Å². The second-order valence-electron chi connectivity index (χ2n) is 7.12. The number of benzene rings is 1. The lowest BCUT2D eigenvalue weighted by atomic mass is 10.1. The Morgan fingerprint density at radius 3 is 2.61 bits per heavy atom. The Balaban J connectivity index is 0.00000153. The minimum absolute atomic E-state index is 0. The number of pyridine rings is 1. The first-order valence-corrected chi connectivity index (χ1v) is 10.4. The van der Waals surface area contributed by atoms with Gasteiger partial charge in [-0.05, 0) is 38.1 Å². The highest BCUT2D eigenvalue weighted by Gasteiger charge is 2.16. The van der Waals surface area contributed by atoms with E-state index in [1.54, 1.807) is 12.3 Å². The minimum atomic E-state index is -0.611. The molecular weight excluding hydrogens is 486 g/mol. The molecule has 5 rings (SSSR count). The SMILES string of the molecule is Cc1csc(NC(=O)c2ccc(-c3cnc4ccc(-c5c[nH]nc5C)cn34)cc2F)n1.Cl.Cl. The van der Waals surface area contributed by atoms with Crippen molar-refractivity contribution in [3.63, 3.8) is 0 Å². The van der Waals surface area contributed by atoms with Crippen LogP contribution in [0, 0.1) is 19.7 Å². The van der Waals surface area contributed by atoms with Gasteiger partial charge in [-0.1, -0.05) is 6.07 Å². The maximum Gasteiger partial charge on any atom is 0.260 e. The lowest BCUT2D eigenvalue weighted by Gasteiger charge is -2.08. The molecule has 4 heterocycles. The quantitative estimate of drug-likeness (QED) is 0.328. The molecule has 5 aromatic rings.